The van der Waals surface area contributed by atoms with Crippen LogP contribution in [0.25, 0.3) is 0 Å². The van der Waals surface area contributed by atoms with Crippen LogP contribution in [-0.4, -0.2) is 60.0 Å². The van der Waals surface area contributed by atoms with Gasteiger partial charge in [-0.2, -0.15) is 0 Å². The molecule has 1 atom stereocenters. The topological polar surface area (TPSA) is 73.0 Å². The van der Waals surface area contributed by atoms with Crippen LogP contribution in [0.1, 0.15) is 6.92 Å². The lowest BCUT2D eigenvalue weighted by Gasteiger charge is -2.39. The largest absolute Gasteiger partial charge is 0.508 e. The van der Waals surface area contributed by atoms with Crippen molar-refractivity contribution < 1.29 is 10.2 Å². The van der Waals surface area contributed by atoms with E-state index >= 15 is 0 Å². The molecule has 0 bridgehead atoms. The Hall–Kier alpha value is -1.30. The highest BCUT2D eigenvalue weighted by Gasteiger charge is 2.25. The Labute approximate surface area is 114 Å². The number of phenols is 1. The molecule has 1 aromatic rings. The van der Waals surface area contributed by atoms with Crippen LogP contribution in [0.2, 0.25) is 0 Å². The number of phenolic OH excluding ortho intramolecular Hbond substituents is 1. The van der Waals surface area contributed by atoms with E-state index in [2.05, 4.69) is 9.80 Å². The van der Waals surface area contributed by atoms with E-state index in [1.54, 1.807) is 19.1 Å². The van der Waals surface area contributed by atoms with Crippen LogP contribution in [0, 0.1) is 0 Å². The number of aliphatic hydroxyl groups is 1. The van der Waals surface area contributed by atoms with Crippen molar-refractivity contribution in [1.82, 2.24) is 4.90 Å². The van der Waals surface area contributed by atoms with Gasteiger partial charge < -0.3 is 20.8 Å². The first-order valence-corrected chi connectivity index (χ1v) is 6.69. The van der Waals surface area contributed by atoms with E-state index in [0.29, 0.717) is 12.3 Å². The fourth-order valence-electron chi connectivity index (χ4n) is 2.40. The molecule has 1 fully saturated rings. The molecule has 1 aliphatic heterocycles. The summed E-state index contributed by atoms with van der Waals surface area (Å²) >= 11 is 0. The van der Waals surface area contributed by atoms with Gasteiger partial charge in [-0.3, -0.25) is 4.90 Å². The van der Waals surface area contributed by atoms with E-state index in [1.165, 1.54) is 0 Å². The van der Waals surface area contributed by atoms with Gasteiger partial charge in [-0.15, -0.1) is 0 Å². The number of β-amino-alcohol motifs (C(OH)–C–C–N with tert-alkyl or cyclic N) is 1. The first kappa shape index (κ1) is 14.1. The molecule has 0 spiro atoms. The predicted molar refractivity (Wildman–Crippen MR) is 76.4 cm³/mol. The quantitative estimate of drug-likeness (QED) is 0.726. The smallest absolute Gasteiger partial charge is 0.117 e. The van der Waals surface area contributed by atoms with E-state index in [9.17, 15) is 10.2 Å². The highest BCUT2D eigenvalue weighted by atomic mass is 16.3. The molecular weight excluding hydrogens is 242 g/mol. The number of rotatable bonds is 4. The van der Waals surface area contributed by atoms with Crippen molar-refractivity contribution in [3.8, 4) is 5.75 Å². The minimum atomic E-state index is -0.812. The molecule has 5 nitrogen and oxygen atoms in total. The molecule has 0 aliphatic carbocycles. The van der Waals surface area contributed by atoms with Crippen molar-refractivity contribution in [3.05, 3.63) is 24.3 Å². The van der Waals surface area contributed by atoms with Crippen LogP contribution in [0.4, 0.5) is 5.69 Å². The normalized spacial score (nSPS) is 20.3. The van der Waals surface area contributed by atoms with Gasteiger partial charge in [0.2, 0.25) is 0 Å². The summed E-state index contributed by atoms with van der Waals surface area (Å²) in [5, 5.41) is 19.5. The van der Waals surface area contributed by atoms with Crippen LogP contribution < -0.4 is 10.6 Å². The van der Waals surface area contributed by atoms with E-state index in [1.807, 2.05) is 12.1 Å². The van der Waals surface area contributed by atoms with Gasteiger partial charge in [-0.05, 0) is 19.1 Å². The average molecular weight is 265 g/mol. The summed E-state index contributed by atoms with van der Waals surface area (Å²) in [5.41, 5.74) is 5.78. The summed E-state index contributed by atoms with van der Waals surface area (Å²) in [6.07, 6.45) is 0. The van der Waals surface area contributed by atoms with Crippen molar-refractivity contribution in [3.63, 3.8) is 0 Å². The molecule has 4 N–H and O–H groups in total. The zero-order chi connectivity index (χ0) is 13.9. The Kier molecular flexibility index (Phi) is 4.29. The molecule has 2 rings (SSSR count). The summed E-state index contributed by atoms with van der Waals surface area (Å²) in [6, 6.07) is 7.32. The maximum Gasteiger partial charge on any atom is 0.117 e. The highest BCUT2D eigenvalue weighted by Crippen LogP contribution is 2.21. The van der Waals surface area contributed by atoms with Crippen molar-refractivity contribution in [2.45, 2.75) is 12.5 Å². The number of aromatic hydroxyl groups is 1. The van der Waals surface area contributed by atoms with Crippen LogP contribution >= 0.6 is 0 Å². The van der Waals surface area contributed by atoms with E-state index in [4.69, 9.17) is 5.73 Å². The van der Waals surface area contributed by atoms with Crippen LogP contribution in [0.3, 0.4) is 0 Å². The summed E-state index contributed by atoms with van der Waals surface area (Å²) in [7, 11) is 0. The van der Waals surface area contributed by atoms with Crippen molar-refractivity contribution >= 4 is 5.69 Å². The number of piperazine rings is 1. The molecule has 1 aliphatic rings. The fraction of sp³-hybridized carbons (Fsp3) is 0.571. The molecule has 19 heavy (non-hydrogen) atoms. The van der Waals surface area contributed by atoms with Gasteiger partial charge >= 0.3 is 0 Å². The first-order valence-electron chi connectivity index (χ1n) is 6.69. The molecule has 1 aromatic carbocycles. The van der Waals surface area contributed by atoms with Crippen LogP contribution in [0.5, 0.6) is 5.75 Å². The van der Waals surface area contributed by atoms with Gasteiger partial charge in [0.15, 0.2) is 0 Å². The Morgan fingerprint density at radius 3 is 2.53 bits per heavy atom. The lowest BCUT2D eigenvalue weighted by molar-refractivity contribution is 0.0257. The predicted octanol–water partition coefficient (Wildman–Crippen LogP) is 0.224. The molecule has 0 aromatic heterocycles. The van der Waals surface area contributed by atoms with E-state index in [-0.39, 0.29) is 6.54 Å². The monoisotopic (exact) mass is 265 g/mol. The summed E-state index contributed by atoms with van der Waals surface area (Å²) in [5.74, 6) is 0.297. The third kappa shape index (κ3) is 3.83. The number of anilines is 1. The number of nitrogens with two attached hydrogens (primary N) is 1. The van der Waals surface area contributed by atoms with Gasteiger partial charge in [0.05, 0.1) is 5.60 Å². The second-order valence-electron chi connectivity index (χ2n) is 5.48. The van der Waals surface area contributed by atoms with Crippen molar-refractivity contribution in [2.24, 2.45) is 5.73 Å². The van der Waals surface area contributed by atoms with Gasteiger partial charge in [0.25, 0.3) is 0 Å². The Morgan fingerprint density at radius 2 is 1.95 bits per heavy atom. The second-order valence-corrected chi connectivity index (χ2v) is 5.48. The molecule has 0 radical (unpaired) electrons. The Bertz CT molecular complexity index is 415. The Balaban J connectivity index is 1.89. The minimum Gasteiger partial charge on any atom is -0.508 e. The third-order valence-corrected chi connectivity index (χ3v) is 3.57. The lowest BCUT2D eigenvalue weighted by atomic mass is 10.1. The molecular formula is C14H23N3O2. The maximum absolute atomic E-state index is 9.98. The SMILES string of the molecule is CC(O)(CN)CN1CCN(c2cccc(O)c2)CC1. The van der Waals surface area contributed by atoms with Gasteiger partial charge in [-0.25, -0.2) is 0 Å². The molecule has 1 saturated heterocycles. The zero-order valence-electron chi connectivity index (χ0n) is 11.4. The van der Waals surface area contributed by atoms with Crippen LogP contribution in [0.15, 0.2) is 24.3 Å². The molecule has 1 unspecified atom stereocenters. The lowest BCUT2D eigenvalue weighted by Crippen LogP contribution is -2.53. The minimum absolute atomic E-state index is 0.278. The fourth-order valence-corrected chi connectivity index (χ4v) is 2.40. The molecule has 1 heterocycles. The third-order valence-electron chi connectivity index (χ3n) is 3.57. The van der Waals surface area contributed by atoms with E-state index < -0.39 is 5.60 Å². The molecule has 5 heteroatoms. The maximum atomic E-state index is 9.98. The van der Waals surface area contributed by atoms with Crippen LogP contribution in [-0.2, 0) is 0 Å². The number of nitrogens with zero attached hydrogens (tertiary/aromatic N) is 2. The van der Waals surface area contributed by atoms with Crippen molar-refractivity contribution in [2.75, 3.05) is 44.2 Å². The van der Waals surface area contributed by atoms with Crippen molar-refractivity contribution in [1.29, 1.82) is 0 Å². The summed E-state index contributed by atoms with van der Waals surface area (Å²) in [6.45, 7) is 6.23. The average Bonchev–Trinajstić information content (AvgIpc) is 2.39. The zero-order valence-corrected chi connectivity index (χ0v) is 11.4. The first-order chi connectivity index (χ1) is 9.00. The molecule has 106 valence electrons. The van der Waals surface area contributed by atoms with E-state index in [0.717, 1.165) is 31.9 Å². The second kappa shape index (κ2) is 5.77. The summed E-state index contributed by atoms with van der Waals surface area (Å²) < 4.78 is 0. The van der Waals surface area contributed by atoms with Gasteiger partial charge in [-0.1, -0.05) is 6.07 Å². The van der Waals surface area contributed by atoms with Gasteiger partial charge in [0, 0.05) is 51.0 Å². The number of benzene rings is 1. The number of hydrogen-bond acceptors (Lipinski definition) is 5. The molecule has 0 amide bonds. The highest BCUT2D eigenvalue weighted by molar-refractivity contribution is 5.50. The standard InChI is InChI=1S/C14H23N3O2/c1-14(19,10-15)11-16-5-7-17(8-6-16)12-3-2-4-13(18)9-12/h2-4,9,18-19H,5-8,10-11,15H2,1H3. The Morgan fingerprint density at radius 1 is 1.26 bits per heavy atom. The van der Waals surface area contributed by atoms with Gasteiger partial charge in [0.1, 0.15) is 5.75 Å². The molecule has 0 saturated carbocycles. The number of hydrogen-bond donors (Lipinski definition) is 3. The summed E-state index contributed by atoms with van der Waals surface area (Å²) in [4.78, 5) is 4.47.